The molecular weight excluding hydrogens is 110 g/mol. The van der Waals surface area contributed by atoms with Crippen LogP contribution in [-0.2, 0) is 0 Å². The third kappa shape index (κ3) is 1.26. The molecule has 0 aromatic heterocycles. The largest absolute Gasteiger partial charge is 0.317 e. The zero-order valence-electron chi connectivity index (χ0n) is 6.65. The SMILES string of the molecule is CNC1CCC(C)C1C. The first-order chi connectivity index (χ1) is 4.25. The van der Waals surface area contributed by atoms with Gasteiger partial charge in [0.25, 0.3) is 0 Å². The molecular formula is C8H17N. The van der Waals surface area contributed by atoms with Gasteiger partial charge in [-0.25, -0.2) is 0 Å². The average molecular weight is 127 g/mol. The molecule has 0 saturated heterocycles. The van der Waals surface area contributed by atoms with Gasteiger partial charge in [0.2, 0.25) is 0 Å². The molecule has 3 atom stereocenters. The van der Waals surface area contributed by atoms with Gasteiger partial charge >= 0.3 is 0 Å². The van der Waals surface area contributed by atoms with Crippen molar-refractivity contribution in [2.45, 2.75) is 32.7 Å². The van der Waals surface area contributed by atoms with E-state index in [4.69, 9.17) is 0 Å². The van der Waals surface area contributed by atoms with Crippen molar-refractivity contribution < 1.29 is 0 Å². The first-order valence-corrected chi connectivity index (χ1v) is 3.93. The highest BCUT2D eigenvalue weighted by Crippen LogP contribution is 2.30. The summed E-state index contributed by atoms with van der Waals surface area (Å²) in [5.41, 5.74) is 0. The Kier molecular flexibility index (Phi) is 2.12. The van der Waals surface area contributed by atoms with Crippen LogP contribution in [0.25, 0.3) is 0 Å². The van der Waals surface area contributed by atoms with Crippen LogP contribution in [0.15, 0.2) is 0 Å². The maximum atomic E-state index is 3.34. The molecule has 3 unspecified atom stereocenters. The average Bonchev–Trinajstić information content (AvgIpc) is 2.15. The van der Waals surface area contributed by atoms with E-state index in [1.54, 1.807) is 0 Å². The van der Waals surface area contributed by atoms with Crippen molar-refractivity contribution in [3.8, 4) is 0 Å². The van der Waals surface area contributed by atoms with E-state index >= 15 is 0 Å². The summed E-state index contributed by atoms with van der Waals surface area (Å²) in [5.74, 6) is 1.82. The minimum absolute atomic E-state index is 0.792. The van der Waals surface area contributed by atoms with Crippen molar-refractivity contribution in [1.29, 1.82) is 0 Å². The number of nitrogens with one attached hydrogen (secondary N) is 1. The predicted octanol–water partition coefficient (Wildman–Crippen LogP) is 1.64. The van der Waals surface area contributed by atoms with E-state index in [1.165, 1.54) is 12.8 Å². The molecule has 1 nitrogen and oxygen atoms in total. The van der Waals surface area contributed by atoms with Crippen LogP contribution < -0.4 is 5.32 Å². The Hall–Kier alpha value is -0.0400. The van der Waals surface area contributed by atoms with Gasteiger partial charge in [-0.15, -0.1) is 0 Å². The summed E-state index contributed by atoms with van der Waals surface area (Å²) in [6.07, 6.45) is 2.78. The zero-order valence-corrected chi connectivity index (χ0v) is 6.65. The Morgan fingerprint density at radius 2 is 1.89 bits per heavy atom. The highest BCUT2D eigenvalue weighted by Gasteiger charge is 2.27. The Morgan fingerprint density at radius 3 is 2.11 bits per heavy atom. The molecule has 1 heteroatoms. The van der Waals surface area contributed by atoms with Gasteiger partial charge in [0.15, 0.2) is 0 Å². The predicted molar refractivity (Wildman–Crippen MR) is 40.4 cm³/mol. The molecule has 0 aromatic rings. The molecule has 1 N–H and O–H groups in total. The molecule has 1 saturated carbocycles. The smallest absolute Gasteiger partial charge is 0.00923 e. The van der Waals surface area contributed by atoms with Gasteiger partial charge in [-0.1, -0.05) is 13.8 Å². The molecule has 0 heterocycles. The van der Waals surface area contributed by atoms with Crippen LogP contribution >= 0.6 is 0 Å². The van der Waals surface area contributed by atoms with Gasteiger partial charge in [0.05, 0.1) is 0 Å². The van der Waals surface area contributed by atoms with Crippen LogP contribution in [-0.4, -0.2) is 13.1 Å². The monoisotopic (exact) mass is 127 g/mol. The standard InChI is InChI=1S/C8H17N/c1-6-4-5-8(9-3)7(6)2/h6-9H,4-5H2,1-3H3. The number of rotatable bonds is 1. The van der Waals surface area contributed by atoms with Gasteiger partial charge in [-0.2, -0.15) is 0 Å². The molecule has 1 aliphatic rings. The van der Waals surface area contributed by atoms with E-state index in [2.05, 4.69) is 26.2 Å². The van der Waals surface area contributed by atoms with E-state index in [-0.39, 0.29) is 0 Å². The van der Waals surface area contributed by atoms with Crippen LogP contribution in [0.4, 0.5) is 0 Å². The van der Waals surface area contributed by atoms with Crippen LogP contribution in [0.5, 0.6) is 0 Å². The molecule has 0 amide bonds. The first kappa shape index (κ1) is 7.07. The number of hydrogen-bond acceptors (Lipinski definition) is 1. The Balaban J connectivity index is 2.41. The lowest BCUT2D eigenvalue weighted by Gasteiger charge is -2.16. The van der Waals surface area contributed by atoms with Crippen molar-refractivity contribution in [2.75, 3.05) is 7.05 Å². The fraction of sp³-hybridized carbons (Fsp3) is 1.00. The summed E-state index contributed by atoms with van der Waals surface area (Å²) in [4.78, 5) is 0. The van der Waals surface area contributed by atoms with E-state index in [1.807, 2.05) is 0 Å². The maximum absolute atomic E-state index is 3.34. The maximum Gasteiger partial charge on any atom is 0.00923 e. The molecule has 1 rings (SSSR count). The van der Waals surface area contributed by atoms with Gasteiger partial charge < -0.3 is 5.32 Å². The second-order valence-electron chi connectivity index (χ2n) is 3.31. The van der Waals surface area contributed by atoms with Crippen molar-refractivity contribution in [3.63, 3.8) is 0 Å². The highest BCUT2D eigenvalue weighted by molar-refractivity contribution is 4.83. The summed E-state index contributed by atoms with van der Waals surface area (Å²) in [6, 6.07) is 0.792. The molecule has 0 aliphatic heterocycles. The molecule has 1 aliphatic carbocycles. The third-order valence-electron chi connectivity index (χ3n) is 2.84. The minimum Gasteiger partial charge on any atom is -0.317 e. The summed E-state index contributed by atoms with van der Waals surface area (Å²) in [6.45, 7) is 4.70. The molecule has 54 valence electrons. The van der Waals surface area contributed by atoms with Crippen LogP contribution in [0.2, 0.25) is 0 Å². The van der Waals surface area contributed by atoms with Crippen molar-refractivity contribution in [2.24, 2.45) is 11.8 Å². The summed E-state index contributed by atoms with van der Waals surface area (Å²) >= 11 is 0. The second kappa shape index (κ2) is 2.70. The molecule has 1 fully saturated rings. The van der Waals surface area contributed by atoms with Crippen molar-refractivity contribution in [1.82, 2.24) is 5.32 Å². The summed E-state index contributed by atoms with van der Waals surface area (Å²) in [7, 11) is 2.07. The molecule has 9 heavy (non-hydrogen) atoms. The molecule has 0 radical (unpaired) electrons. The third-order valence-corrected chi connectivity index (χ3v) is 2.84. The van der Waals surface area contributed by atoms with E-state index in [9.17, 15) is 0 Å². The summed E-state index contributed by atoms with van der Waals surface area (Å²) in [5, 5.41) is 3.34. The quantitative estimate of drug-likeness (QED) is 0.564. The van der Waals surface area contributed by atoms with Gasteiger partial charge in [-0.05, 0) is 31.7 Å². The lowest BCUT2D eigenvalue weighted by atomic mass is 9.98. The minimum atomic E-state index is 0.792. The lowest BCUT2D eigenvalue weighted by Crippen LogP contribution is -2.28. The first-order valence-electron chi connectivity index (χ1n) is 3.93. The number of hydrogen-bond donors (Lipinski definition) is 1. The lowest BCUT2D eigenvalue weighted by molar-refractivity contribution is 0.388. The van der Waals surface area contributed by atoms with Gasteiger partial charge in [0, 0.05) is 6.04 Å². The molecule has 0 spiro atoms. The van der Waals surface area contributed by atoms with Crippen LogP contribution in [0.1, 0.15) is 26.7 Å². The van der Waals surface area contributed by atoms with Crippen LogP contribution in [0.3, 0.4) is 0 Å². The Bertz CT molecular complexity index is 90.6. The van der Waals surface area contributed by atoms with Crippen molar-refractivity contribution in [3.05, 3.63) is 0 Å². The zero-order chi connectivity index (χ0) is 6.85. The summed E-state index contributed by atoms with van der Waals surface area (Å²) < 4.78 is 0. The highest BCUT2D eigenvalue weighted by atomic mass is 14.9. The van der Waals surface area contributed by atoms with Gasteiger partial charge in [-0.3, -0.25) is 0 Å². The second-order valence-corrected chi connectivity index (χ2v) is 3.31. The van der Waals surface area contributed by atoms with E-state index in [0.29, 0.717) is 0 Å². The molecule has 0 bridgehead atoms. The topological polar surface area (TPSA) is 12.0 Å². The fourth-order valence-electron chi connectivity index (χ4n) is 1.77. The fourth-order valence-corrected chi connectivity index (χ4v) is 1.77. The van der Waals surface area contributed by atoms with Gasteiger partial charge in [0.1, 0.15) is 0 Å². The Labute approximate surface area is 57.8 Å². The van der Waals surface area contributed by atoms with Crippen LogP contribution in [0, 0.1) is 11.8 Å². The van der Waals surface area contributed by atoms with E-state index < -0.39 is 0 Å². The van der Waals surface area contributed by atoms with E-state index in [0.717, 1.165) is 17.9 Å². The Morgan fingerprint density at radius 1 is 1.22 bits per heavy atom. The normalized spacial score (nSPS) is 43.7. The molecule has 0 aromatic carbocycles. The van der Waals surface area contributed by atoms with Crippen molar-refractivity contribution >= 4 is 0 Å².